The van der Waals surface area contributed by atoms with E-state index in [1.807, 2.05) is 24.3 Å². The summed E-state index contributed by atoms with van der Waals surface area (Å²) >= 11 is 1.57. The average molecular weight is 512 g/mol. The van der Waals surface area contributed by atoms with Crippen LogP contribution in [-0.2, 0) is 16.4 Å². The number of nitrogens with one attached hydrogen (secondary N) is 1. The van der Waals surface area contributed by atoms with Crippen LogP contribution in [0.1, 0.15) is 31.4 Å². The number of hydrogen-bond acceptors (Lipinski definition) is 8. The molecule has 0 saturated carbocycles. The van der Waals surface area contributed by atoms with Gasteiger partial charge in [0, 0.05) is 17.9 Å². The van der Waals surface area contributed by atoms with E-state index in [9.17, 15) is 13.7 Å². The molecule has 0 aliphatic carbocycles. The fourth-order valence-electron chi connectivity index (χ4n) is 3.25. The van der Waals surface area contributed by atoms with E-state index in [0.29, 0.717) is 41.1 Å². The number of sulfonamides is 1. The molecule has 10 heteroatoms. The first-order valence-electron chi connectivity index (χ1n) is 11.2. The molecular formula is C25H29N5O3S2. The van der Waals surface area contributed by atoms with Gasteiger partial charge in [0.15, 0.2) is 5.16 Å². The SMILES string of the molecule is COc1ccc(-c2nc(SCCC(C)C)nc(NCCc3ccc(S(N)(=O)=O)cc3)c2C#N)cc1. The molecule has 0 fully saturated rings. The van der Waals surface area contributed by atoms with E-state index in [1.165, 1.54) is 12.1 Å². The number of ether oxygens (including phenoxy) is 1. The molecule has 35 heavy (non-hydrogen) atoms. The first-order chi connectivity index (χ1) is 16.7. The number of primary sulfonamides is 1. The summed E-state index contributed by atoms with van der Waals surface area (Å²) in [5.41, 5.74) is 2.67. The van der Waals surface area contributed by atoms with Crippen LogP contribution >= 0.6 is 11.8 Å². The van der Waals surface area contributed by atoms with Crippen molar-refractivity contribution >= 4 is 27.6 Å². The zero-order chi connectivity index (χ0) is 25.4. The molecule has 0 saturated heterocycles. The molecule has 184 valence electrons. The van der Waals surface area contributed by atoms with Crippen LogP contribution in [0.15, 0.2) is 58.6 Å². The Hall–Kier alpha value is -3.13. The average Bonchev–Trinajstić information content (AvgIpc) is 2.83. The van der Waals surface area contributed by atoms with Gasteiger partial charge in [-0.1, -0.05) is 37.7 Å². The number of rotatable bonds is 11. The predicted molar refractivity (Wildman–Crippen MR) is 139 cm³/mol. The highest BCUT2D eigenvalue weighted by Crippen LogP contribution is 2.30. The normalized spacial score (nSPS) is 11.3. The Labute approximate surface area is 211 Å². The Morgan fingerprint density at radius 1 is 1.11 bits per heavy atom. The fraction of sp³-hybridized carbons (Fsp3) is 0.320. The van der Waals surface area contributed by atoms with Gasteiger partial charge >= 0.3 is 0 Å². The summed E-state index contributed by atoms with van der Waals surface area (Å²) < 4.78 is 28.2. The minimum absolute atomic E-state index is 0.0731. The Kier molecular flexibility index (Phi) is 9.09. The van der Waals surface area contributed by atoms with Crippen molar-refractivity contribution in [1.29, 1.82) is 5.26 Å². The number of hydrogen-bond donors (Lipinski definition) is 2. The number of anilines is 1. The molecule has 3 aromatic rings. The largest absolute Gasteiger partial charge is 0.497 e. The van der Waals surface area contributed by atoms with Gasteiger partial charge in [0.1, 0.15) is 23.2 Å². The minimum Gasteiger partial charge on any atom is -0.497 e. The van der Waals surface area contributed by atoms with E-state index < -0.39 is 10.0 Å². The van der Waals surface area contributed by atoms with Gasteiger partial charge in [-0.2, -0.15) is 5.26 Å². The first kappa shape index (κ1) is 26.5. The number of nitrogens with zero attached hydrogens (tertiary/aromatic N) is 3. The highest BCUT2D eigenvalue weighted by molar-refractivity contribution is 7.99. The number of aromatic nitrogens is 2. The van der Waals surface area contributed by atoms with Crippen molar-refractivity contribution in [2.75, 3.05) is 24.7 Å². The molecular weight excluding hydrogens is 482 g/mol. The second-order valence-corrected chi connectivity index (χ2v) is 10.9. The topological polar surface area (TPSA) is 131 Å². The Morgan fingerprint density at radius 3 is 2.37 bits per heavy atom. The number of methoxy groups -OCH3 is 1. The standard InChI is InChI=1S/C25H29N5O3S2/c1-17(2)13-15-34-25-29-23(19-6-8-20(33-3)9-7-19)22(16-26)24(30-25)28-14-12-18-4-10-21(11-5-18)35(27,31)32/h4-11,17H,12-15H2,1-3H3,(H2,27,31,32)(H,28,29,30). The smallest absolute Gasteiger partial charge is 0.238 e. The Balaban J connectivity index is 1.85. The molecule has 3 rings (SSSR count). The van der Waals surface area contributed by atoms with E-state index in [4.69, 9.17) is 14.9 Å². The van der Waals surface area contributed by atoms with Gasteiger partial charge in [-0.25, -0.2) is 23.5 Å². The van der Waals surface area contributed by atoms with Crippen LogP contribution in [-0.4, -0.2) is 37.8 Å². The van der Waals surface area contributed by atoms with E-state index >= 15 is 0 Å². The van der Waals surface area contributed by atoms with Crippen LogP contribution < -0.4 is 15.2 Å². The zero-order valence-electron chi connectivity index (χ0n) is 20.0. The molecule has 0 unspecified atom stereocenters. The van der Waals surface area contributed by atoms with E-state index in [-0.39, 0.29) is 4.90 Å². The Bertz CT molecular complexity index is 1290. The van der Waals surface area contributed by atoms with Gasteiger partial charge in [-0.3, -0.25) is 0 Å². The summed E-state index contributed by atoms with van der Waals surface area (Å²) in [7, 11) is -2.12. The highest BCUT2D eigenvalue weighted by atomic mass is 32.2. The lowest BCUT2D eigenvalue weighted by Gasteiger charge is -2.13. The third-order valence-electron chi connectivity index (χ3n) is 5.25. The summed E-state index contributed by atoms with van der Waals surface area (Å²) in [5, 5.41) is 19.0. The van der Waals surface area contributed by atoms with Gasteiger partial charge in [0.25, 0.3) is 0 Å². The zero-order valence-corrected chi connectivity index (χ0v) is 21.6. The number of nitrogens with two attached hydrogens (primary N) is 1. The molecule has 2 aromatic carbocycles. The molecule has 0 aliphatic heterocycles. The molecule has 1 aromatic heterocycles. The number of thioether (sulfide) groups is 1. The maximum absolute atomic E-state index is 11.5. The van der Waals surface area contributed by atoms with Crippen molar-refractivity contribution in [1.82, 2.24) is 9.97 Å². The third kappa shape index (κ3) is 7.42. The molecule has 0 bridgehead atoms. The second-order valence-electron chi connectivity index (χ2n) is 8.32. The van der Waals surface area contributed by atoms with Crippen LogP contribution in [0, 0.1) is 17.2 Å². The quantitative estimate of drug-likeness (QED) is 0.285. The summed E-state index contributed by atoms with van der Waals surface area (Å²) in [6.07, 6.45) is 1.64. The lowest BCUT2D eigenvalue weighted by atomic mass is 10.1. The fourth-order valence-corrected chi connectivity index (χ4v) is 4.85. The van der Waals surface area contributed by atoms with Crippen molar-refractivity contribution in [2.24, 2.45) is 11.1 Å². The summed E-state index contributed by atoms with van der Waals surface area (Å²) in [5.74, 6) is 2.64. The van der Waals surface area contributed by atoms with Gasteiger partial charge in [0.05, 0.1) is 17.7 Å². The molecule has 0 radical (unpaired) electrons. The van der Waals surface area contributed by atoms with Gasteiger partial charge < -0.3 is 10.1 Å². The first-order valence-corrected chi connectivity index (χ1v) is 13.7. The van der Waals surface area contributed by atoms with E-state index in [0.717, 1.165) is 29.1 Å². The van der Waals surface area contributed by atoms with E-state index in [1.54, 1.807) is 31.0 Å². The molecule has 0 atom stereocenters. The van der Waals surface area contributed by atoms with Crippen molar-refractivity contribution in [3.05, 3.63) is 59.7 Å². The molecule has 0 amide bonds. The number of benzene rings is 2. The molecule has 3 N–H and O–H groups in total. The van der Waals surface area contributed by atoms with Gasteiger partial charge in [-0.05, 0) is 60.7 Å². The maximum atomic E-state index is 11.5. The number of nitriles is 1. The third-order valence-corrected chi connectivity index (χ3v) is 7.06. The van der Waals surface area contributed by atoms with Crippen molar-refractivity contribution in [3.63, 3.8) is 0 Å². The van der Waals surface area contributed by atoms with Crippen LogP contribution in [0.4, 0.5) is 5.82 Å². The Morgan fingerprint density at radius 2 is 1.80 bits per heavy atom. The molecule has 8 nitrogen and oxygen atoms in total. The summed E-state index contributed by atoms with van der Waals surface area (Å²) in [6, 6.07) is 16.1. The van der Waals surface area contributed by atoms with Crippen molar-refractivity contribution in [2.45, 2.75) is 36.7 Å². The maximum Gasteiger partial charge on any atom is 0.238 e. The van der Waals surface area contributed by atoms with E-state index in [2.05, 4.69) is 30.2 Å². The van der Waals surface area contributed by atoms with Gasteiger partial charge in [0.2, 0.25) is 10.0 Å². The van der Waals surface area contributed by atoms with Crippen molar-refractivity contribution < 1.29 is 13.2 Å². The molecule has 0 aliphatic rings. The molecule has 1 heterocycles. The second kappa shape index (κ2) is 12.0. The van der Waals surface area contributed by atoms with Crippen LogP contribution in [0.2, 0.25) is 0 Å². The summed E-state index contributed by atoms with van der Waals surface area (Å²) in [6.45, 7) is 4.84. The van der Waals surface area contributed by atoms with Gasteiger partial charge in [-0.15, -0.1) is 0 Å². The highest BCUT2D eigenvalue weighted by Gasteiger charge is 2.17. The lowest BCUT2D eigenvalue weighted by Crippen LogP contribution is -2.12. The van der Waals surface area contributed by atoms with Crippen molar-refractivity contribution in [3.8, 4) is 23.1 Å². The van der Waals surface area contributed by atoms with Crippen LogP contribution in [0.3, 0.4) is 0 Å². The van der Waals surface area contributed by atoms with Crippen LogP contribution in [0.25, 0.3) is 11.3 Å². The lowest BCUT2D eigenvalue weighted by molar-refractivity contribution is 0.415. The summed E-state index contributed by atoms with van der Waals surface area (Å²) in [4.78, 5) is 9.41. The predicted octanol–water partition coefficient (Wildman–Crippen LogP) is 4.46. The van der Waals surface area contributed by atoms with Crippen LogP contribution in [0.5, 0.6) is 5.75 Å². The monoisotopic (exact) mass is 511 g/mol. The molecule has 0 spiro atoms. The minimum atomic E-state index is -3.72.